The van der Waals surface area contributed by atoms with Crippen LogP contribution < -0.4 is 11.1 Å². The molecule has 3 N–H and O–H groups in total. The lowest BCUT2D eigenvalue weighted by Gasteiger charge is -2.12. The Labute approximate surface area is 103 Å². The average Bonchev–Trinajstić information content (AvgIpc) is 2.63. The van der Waals surface area contributed by atoms with Crippen molar-refractivity contribution in [2.24, 2.45) is 0 Å². The predicted octanol–water partition coefficient (Wildman–Crippen LogP) is 0.913. The van der Waals surface area contributed by atoms with E-state index in [0.717, 1.165) is 10.6 Å². The number of carbonyl (C=O) groups excluding carboxylic acids is 2. The number of nitrogen functional groups attached to an aromatic ring is 1. The second-order valence-electron chi connectivity index (χ2n) is 3.59. The molecule has 0 saturated carbocycles. The highest BCUT2D eigenvalue weighted by molar-refractivity contribution is 7.99. The minimum atomic E-state index is -0.309. The highest BCUT2D eigenvalue weighted by Gasteiger charge is 2.27. The Hall–Kier alpha value is -1.69. The van der Waals surface area contributed by atoms with Gasteiger partial charge < -0.3 is 11.1 Å². The van der Waals surface area contributed by atoms with Crippen LogP contribution in [0.2, 0.25) is 0 Å². The summed E-state index contributed by atoms with van der Waals surface area (Å²) in [5.74, 6) is 0.476. The molecule has 17 heavy (non-hydrogen) atoms. The number of rotatable bonds is 4. The number of nitrogens with one attached hydrogen (secondary N) is 1. The summed E-state index contributed by atoms with van der Waals surface area (Å²) in [6, 6.07) is 7.22. The fourth-order valence-corrected chi connectivity index (χ4v) is 2.44. The molecule has 1 aliphatic heterocycles. The number of amides is 3. The minimum Gasteiger partial charge on any atom is -0.398 e. The van der Waals surface area contributed by atoms with E-state index in [1.807, 2.05) is 24.3 Å². The quantitative estimate of drug-likeness (QED) is 0.474. The average molecular weight is 251 g/mol. The molecule has 1 aromatic rings. The number of hydrogen-bond acceptors (Lipinski definition) is 4. The van der Waals surface area contributed by atoms with Crippen molar-refractivity contribution in [1.29, 1.82) is 0 Å². The van der Waals surface area contributed by atoms with Crippen LogP contribution in [0.3, 0.4) is 0 Å². The molecular weight excluding hydrogens is 238 g/mol. The molecule has 1 aromatic carbocycles. The van der Waals surface area contributed by atoms with Gasteiger partial charge in [0.2, 0.25) is 5.91 Å². The van der Waals surface area contributed by atoms with E-state index in [2.05, 4.69) is 5.32 Å². The highest BCUT2D eigenvalue weighted by Crippen LogP contribution is 2.24. The van der Waals surface area contributed by atoms with Crippen LogP contribution in [-0.2, 0) is 4.79 Å². The normalized spacial score (nSPS) is 15.2. The lowest BCUT2D eigenvalue weighted by Crippen LogP contribution is -2.32. The SMILES string of the molecule is Nc1ccccc1SCCN1C(=O)CNC1=O. The Morgan fingerprint density at radius 3 is 2.76 bits per heavy atom. The third kappa shape index (κ3) is 2.71. The van der Waals surface area contributed by atoms with Gasteiger partial charge in [0.15, 0.2) is 0 Å². The zero-order chi connectivity index (χ0) is 12.3. The first-order valence-electron chi connectivity index (χ1n) is 5.24. The summed E-state index contributed by atoms with van der Waals surface area (Å²) >= 11 is 1.54. The van der Waals surface area contributed by atoms with Crippen molar-refractivity contribution in [2.45, 2.75) is 4.90 Å². The highest BCUT2D eigenvalue weighted by atomic mass is 32.2. The van der Waals surface area contributed by atoms with Crippen LogP contribution in [0.25, 0.3) is 0 Å². The van der Waals surface area contributed by atoms with E-state index in [1.54, 1.807) is 0 Å². The Kier molecular flexibility index (Phi) is 3.53. The fraction of sp³-hybridized carbons (Fsp3) is 0.273. The number of anilines is 1. The molecule has 1 aliphatic rings. The number of carbonyl (C=O) groups is 2. The van der Waals surface area contributed by atoms with Gasteiger partial charge in [0.25, 0.3) is 0 Å². The lowest BCUT2D eigenvalue weighted by molar-refractivity contribution is -0.124. The van der Waals surface area contributed by atoms with Gasteiger partial charge in [-0.05, 0) is 12.1 Å². The molecule has 2 rings (SSSR count). The number of nitrogens with two attached hydrogens (primary N) is 1. The third-order valence-electron chi connectivity index (χ3n) is 2.43. The van der Waals surface area contributed by atoms with Gasteiger partial charge in [-0.2, -0.15) is 0 Å². The maximum Gasteiger partial charge on any atom is 0.324 e. The maximum absolute atomic E-state index is 11.3. The molecule has 0 aromatic heterocycles. The second-order valence-corrected chi connectivity index (χ2v) is 4.73. The summed E-state index contributed by atoms with van der Waals surface area (Å²) in [4.78, 5) is 24.8. The van der Waals surface area contributed by atoms with Crippen molar-refractivity contribution in [2.75, 3.05) is 24.6 Å². The van der Waals surface area contributed by atoms with E-state index in [9.17, 15) is 9.59 Å². The topological polar surface area (TPSA) is 75.4 Å². The third-order valence-corrected chi connectivity index (χ3v) is 3.50. The summed E-state index contributed by atoms with van der Waals surface area (Å²) < 4.78 is 0. The van der Waals surface area contributed by atoms with E-state index < -0.39 is 0 Å². The molecule has 1 saturated heterocycles. The Bertz CT molecular complexity index is 434. The maximum atomic E-state index is 11.3. The first-order valence-corrected chi connectivity index (χ1v) is 6.22. The first kappa shape index (κ1) is 11.8. The van der Waals surface area contributed by atoms with E-state index in [4.69, 9.17) is 5.73 Å². The van der Waals surface area contributed by atoms with Crippen LogP contribution in [-0.4, -0.2) is 35.7 Å². The molecular formula is C11H13N3O2S. The van der Waals surface area contributed by atoms with Crippen molar-refractivity contribution >= 4 is 29.4 Å². The Morgan fingerprint density at radius 2 is 2.12 bits per heavy atom. The monoisotopic (exact) mass is 251 g/mol. The smallest absolute Gasteiger partial charge is 0.324 e. The van der Waals surface area contributed by atoms with Crippen LogP contribution in [0.15, 0.2) is 29.2 Å². The van der Waals surface area contributed by atoms with Crippen LogP contribution in [0.5, 0.6) is 0 Å². The lowest BCUT2D eigenvalue weighted by atomic mass is 10.3. The molecule has 90 valence electrons. The van der Waals surface area contributed by atoms with Gasteiger partial charge in [0, 0.05) is 22.9 Å². The number of para-hydroxylation sites is 1. The number of urea groups is 1. The van der Waals surface area contributed by atoms with E-state index in [0.29, 0.717) is 12.3 Å². The number of imide groups is 1. The summed E-state index contributed by atoms with van der Waals surface area (Å²) in [6.45, 7) is 0.515. The molecule has 5 nitrogen and oxygen atoms in total. The van der Waals surface area contributed by atoms with Gasteiger partial charge in [-0.25, -0.2) is 4.79 Å². The van der Waals surface area contributed by atoms with Crippen LogP contribution in [0.1, 0.15) is 0 Å². The summed E-state index contributed by atoms with van der Waals surface area (Å²) in [6.07, 6.45) is 0. The van der Waals surface area contributed by atoms with Crippen molar-refractivity contribution in [3.63, 3.8) is 0 Å². The van der Waals surface area contributed by atoms with Gasteiger partial charge in [0.1, 0.15) is 0 Å². The zero-order valence-corrected chi connectivity index (χ0v) is 10.00. The molecule has 1 heterocycles. The molecule has 0 bridgehead atoms. The first-order chi connectivity index (χ1) is 8.18. The number of nitrogens with zero attached hydrogens (tertiary/aromatic N) is 1. The summed E-state index contributed by atoms with van der Waals surface area (Å²) in [7, 11) is 0. The Balaban J connectivity index is 1.86. The van der Waals surface area contributed by atoms with Gasteiger partial charge in [-0.3, -0.25) is 9.69 Å². The van der Waals surface area contributed by atoms with E-state index >= 15 is 0 Å². The van der Waals surface area contributed by atoms with Gasteiger partial charge in [-0.15, -0.1) is 11.8 Å². The predicted molar refractivity (Wildman–Crippen MR) is 66.7 cm³/mol. The Morgan fingerprint density at radius 1 is 1.35 bits per heavy atom. The van der Waals surface area contributed by atoms with Gasteiger partial charge >= 0.3 is 6.03 Å². The van der Waals surface area contributed by atoms with Crippen molar-refractivity contribution in [3.05, 3.63) is 24.3 Å². The number of thioether (sulfide) groups is 1. The van der Waals surface area contributed by atoms with Gasteiger partial charge in [-0.1, -0.05) is 12.1 Å². The molecule has 0 aliphatic carbocycles. The molecule has 0 spiro atoms. The minimum absolute atomic E-state index is 0.108. The van der Waals surface area contributed by atoms with Crippen molar-refractivity contribution < 1.29 is 9.59 Å². The zero-order valence-electron chi connectivity index (χ0n) is 9.18. The molecule has 0 unspecified atom stereocenters. The van der Waals surface area contributed by atoms with Crippen LogP contribution in [0.4, 0.5) is 10.5 Å². The van der Waals surface area contributed by atoms with Gasteiger partial charge in [0.05, 0.1) is 6.54 Å². The second kappa shape index (κ2) is 5.09. The molecule has 6 heteroatoms. The largest absolute Gasteiger partial charge is 0.398 e. The molecule has 0 atom stereocenters. The number of hydrogen-bond donors (Lipinski definition) is 2. The standard InChI is InChI=1S/C11H13N3O2S/c12-8-3-1-2-4-9(8)17-6-5-14-10(15)7-13-11(14)16/h1-4H,5-7,12H2,(H,13,16). The number of benzene rings is 1. The van der Waals surface area contributed by atoms with Crippen LogP contribution in [0, 0.1) is 0 Å². The summed E-state index contributed by atoms with van der Waals surface area (Å²) in [5, 5.41) is 2.48. The fourth-order valence-electron chi connectivity index (χ4n) is 1.54. The van der Waals surface area contributed by atoms with E-state index in [-0.39, 0.29) is 18.5 Å². The van der Waals surface area contributed by atoms with Crippen molar-refractivity contribution in [1.82, 2.24) is 10.2 Å². The molecule has 0 radical (unpaired) electrons. The molecule has 1 fully saturated rings. The van der Waals surface area contributed by atoms with Crippen molar-refractivity contribution in [3.8, 4) is 0 Å². The van der Waals surface area contributed by atoms with Crippen LogP contribution >= 0.6 is 11.8 Å². The van der Waals surface area contributed by atoms with E-state index in [1.165, 1.54) is 16.7 Å². The summed E-state index contributed by atoms with van der Waals surface area (Å²) in [5.41, 5.74) is 6.51. The molecule has 3 amide bonds.